The maximum atomic E-state index is 13.8. The molecule has 1 aliphatic rings. The van der Waals surface area contributed by atoms with Crippen LogP contribution < -0.4 is 10.6 Å². The Labute approximate surface area is 214 Å². The summed E-state index contributed by atoms with van der Waals surface area (Å²) in [5.74, 6) is -5.33. The van der Waals surface area contributed by atoms with Crippen LogP contribution in [0.1, 0.15) is 28.4 Å². The molecule has 1 aliphatic heterocycles. The second-order valence-electron chi connectivity index (χ2n) is 8.21. The van der Waals surface area contributed by atoms with Gasteiger partial charge in [-0.3, -0.25) is 29.4 Å². The van der Waals surface area contributed by atoms with E-state index in [1.54, 1.807) is 0 Å². The third kappa shape index (κ3) is 6.46. The van der Waals surface area contributed by atoms with E-state index in [2.05, 4.69) is 17.2 Å². The monoisotopic (exact) mass is 531 g/mol. The Hall–Kier alpha value is -4.88. The van der Waals surface area contributed by atoms with Gasteiger partial charge in [0.2, 0.25) is 0 Å². The highest BCUT2D eigenvalue weighted by Crippen LogP contribution is 2.25. The molecule has 0 bridgehead atoms. The van der Waals surface area contributed by atoms with E-state index in [-0.39, 0.29) is 30.9 Å². The normalized spacial score (nSPS) is 15.5. The number of rotatable bonds is 9. The molecule has 12 nitrogen and oxygen atoms in total. The summed E-state index contributed by atoms with van der Waals surface area (Å²) in [5.41, 5.74) is -0.654. The van der Waals surface area contributed by atoms with E-state index in [1.165, 1.54) is 24.3 Å². The lowest BCUT2D eigenvalue weighted by Crippen LogP contribution is -2.56. The number of hydrogen-bond acceptors (Lipinski definition) is 6. The Kier molecular flexibility index (Phi) is 8.68. The number of non-ortho nitro benzene ring substituents is 1. The van der Waals surface area contributed by atoms with Crippen molar-refractivity contribution >= 4 is 29.5 Å². The van der Waals surface area contributed by atoms with Crippen LogP contribution in [-0.2, 0) is 9.59 Å². The van der Waals surface area contributed by atoms with E-state index in [4.69, 9.17) is 0 Å². The fourth-order valence-electron chi connectivity index (χ4n) is 3.97. The highest BCUT2D eigenvalue weighted by molar-refractivity contribution is 5.99. The fourth-order valence-corrected chi connectivity index (χ4v) is 3.97. The van der Waals surface area contributed by atoms with Crippen molar-refractivity contribution in [1.29, 1.82) is 0 Å². The summed E-state index contributed by atoms with van der Waals surface area (Å²) in [4.78, 5) is 63.3. The molecule has 0 saturated carbocycles. The molecule has 0 radical (unpaired) electrons. The van der Waals surface area contributed by atoms with E-state index < -0.39 is 64.6 Å². The number of carbonyl (C=O) groups is 4. The molecule has 0 spiro atoms. The van der Waals surface area contributed by atoms with Gasteiger partial charge in [0.05, 0.1) is 17.4 Å². The van der Waals surface area contributed by atoms with Gasteiger partial charge >= 0.3 is 12.0 Å². The van der Waals surface area contributed by atoms with Gasteiger partial charge in [0.15, 0.2) is 6.17 Å². The number of halogens is 2. The first kappa shape index (κ1) is 27.7. The van der Waals surface area contributed by atoms with Crippen molar-refractivity contribution in [3.05, 3.63) is 88.0 Å². The molecule has 3 rings (SSSR count). The smallest absolute Gasteiger partial charge is 0.319 e. The summed E-state index contributed by atoms with van der Waals surface area (Å²) in [6.07, 6.45) is -0.925. The summed E-state index contributed by atoms with van der Waals surface area (Å²) in [7, 11) is 0. The number of carboxylic acids is 1. The summed E-state index contributed by atoms with van der Waals surface area (Å²) >= 11 is 0. The number of urea groups is 1. The largest absolute Gasteiger partial charge is 0.481 e. The summed E-state index contributed by atoms with van der Waals surface area (Å²) < 4.78 is 27.5. The van der Waals surface area contributed by atoms with Crippen LogP contribution in [0.25, 0.3) is 0 Å². The van der Waals surface area contributed by atoms with Crippen molar-refractivity contribution < 1.29 is 38.0 Å². The van der Waals surface area contributed by atoms with Crippen LogP contribution in [0.15, 0.2) is 55.1 Å². The van der Waals surface area contributed by atoms with E-state index in [0.29, 0.717) is 6.07 Å². The molecular weight excluding hydrogens is 508 g/mol. The zero-order valence-electron chi connectivity index (χ0n) is 19.8. The molecule has 38 heavy (non-hydrogen) atoms. The molecule has 1 heterocycles. The quantitative estimate of drug-likeness (QED) is 0.254. The molecular formula is C24H23F2N5O7. The van der Waals surface area contributed by atoms with Crippen molar-refractivity contribution in [1.82, 2.24) is 20.4 Å². The highest BCUT2D eigenvalue weighted by atomic mass is 19.1. The molecule has 2 unspecified atom stereocenters. The Morgan fingerprint density at radius 3 is 2.39 bits per heavy atom. The topological polar surface area (TPSA) is 162 Å². The average molecular weight is 531 g/mol. The Balaban J connectivity index is 1.97. The number of nitro groups is 1. The molecule has 2 atom stereocenters. The van der Waals surface area contributed by atoms with Gasteiger partial charge in [-0.15, -0.1) is 6.58 Å². The van der Waals surface area contributed by atoms with Crippen molar-refractivity contribution in [2.75, 3.05) is 19.6 Å². The van der Waals surface area contributed by atoms with E-state index in [0.717, 1.165) is 28.0 Å². The maximum Gasteiger partial charge on any atom is 0.319 e. The number of nitrogens with one attached hydrogen (secondary N) is 2. The molecule has 0 aromatic heterocycles. The number of amides is 4. The first-order chi connectivity index (χ1) is 18.0. The number of hydrogen-bond donors (Lipinski definition) is 3. The maximum absolute atomic E-state index is 13.8. The number of aliphatic carboxylic acids is 1. The second kappa shape index (κ2) is 11.9. The van der Waals surface area contributed by atoms with E-state index in [9.17, 15) is 43.2 Å². The van der Waals surface area contributed by atoms with Crippen molar-refractivity contribution in [2.24, 2.45) is 0 Å². The van der Waals surface area contributed by atoms with Crippen molar-refractivity contribution in [3.8, 4) is 0 Å². The lowest BCUT2D eigenvalue weighted by atomic mass is 10.0. The van der Waals surface area contributed by atoms with Crippen molar-refractivity contribution in [2.45, 2.75) is 18.6 Å². The van der Waals surface area contributed by atoms with Crippen LogP contribution in [0.4, 0.5) is 19.3 Å². The average Bonchev–Trinajstić information content (AvgIpc) is 3.31. The van der Waals surface area contributed by atoms with E-state index in [1.807, 2.05) is 0 Å². The minimum Gasteiger partial charge on any atom is -0.481 e. The SMILES string of the molecule is C=CCNC(=O)N1CCN(C(=O)c2cc(F)cc(F)c2)C1C(=O)NC(CC(=O)O)c1cccc([N+](=O)[O-])c1. The molecule has 2 aromatic rings. The summed E-state index contributed by atoms with van der Waals surface area (Å²) in [5, 5.41) is 25.5. The van der Waals surface area contributed by atoms with Crippen LogP contribution in [0.2, 0.25) is 0 Å². The molecule has 1 saturated heterocycles. The first-order valence-corrected chi connectivity index (χ1v) is 11.2. The third-order valence-electron chi connectivity index (χ3n) is 5.61. The fraction of sp³-hybridized carbons (Fsp3) is 0.250. The van der Waals surface area contributed by atoms with Gasteiger partial charge in [-0.25, -0.2) is 13.6 Å². The number of carboxylic acid groups (broad SMARTS) is 1. The molecule has 2 aromatic carbocycles. The van der Waals surface area contributed by atoms with Gasteiger partial charge in [0, 0.05) is 43.4 Å². The van der Waals surface area contributed by atoms with Gasteiger partial charge in [0.1, 0.15) is 11.6 Å². The standard InChI is InChI=1S/C24H23F2N5O7/c1-2-6-27-24(36)30-8-7-29(23(35)15-9-16(25)12-17(26)10-15)22(30)21(34)28-19(13-20(32)33)14-4-3-5-18(11-14)31(37)38/h2-5,9-12,19,22H,1,6-8,13H2,(H,27,36)(H,28,34)(H,32,33). The van der Waals surface area contributed by atoms with Gasteiger partial charge in [-0.05, 0) is 17.7 Å². The molecule has 14 heteroatoms. The van der Waals surface area contributed by atoms with Crippen LogP contribution in [-0.4, -0.2) is 69.4 Å². The second-order valence-corrected chi connectivity index (χ2v) is 8.21. The van der Waals surface area contributed by atoms with Crippen LogP contribution in [0, 0.1) is 21.7 Å². The minimum absolute atomic E-state index is 0.0298. The van der Waals surface area contributed by atoms with Crippen molar-refractivity contribution in [3.63, 3.8) is 0 Å². The van der Waals surface area contributed by atoms with Crippen LogP contribution in [0.3, 0.4) is 0 Å². The summed E-state index contributed by atoms with van der Waals surface area (Å²) in [6, 6.07) is 5.05. The zero-order chi connectivity index (χ0) is 28.0. The number of nitro benzene ring substituents is 1. The Bertz CT molecular complexity index is 1270. The molecule has 1 fully saturated rings. The molecule has 3 N–H and O–H groups in total. The summed E-state index contributed by atoms with van der Waals surface area (Å²) in [6.45, 7) is 3.19. The predicted octanol–water partition coefficient (Wildman–Crippen LogP) is 2.18. The van der Waals surface area contributed by atoms with Crippen LogP contribution in [0.5, 0.6) is 0 Å². The van der Waals surface area contributed by atoms with Gasteiger partial charge in [0.25, 0.3) is 17.5 Å². The van der Waals surface area contributed by atoms with E-state index >= 15 is 0 Å². The first-order valence-electron chi connectivity index (χ1n) is 11.2. The molecule has 0 aliphatic carbocycles. The van der Waals surface area contributed by atoms with Gasteiger partial charge in [-0.1, -0.05) is 18.2 Å². The zero-order valence-corrected chi connectivity index (χ0v) is 19.8. The molecule has 4 amide bonds. The van der Waals surface area contributed by atoms with Crippen LogP contribution >= 0.6 is 0 Å². The Morgan fingerprint density at radius 1 is 1.13 bits per heavy atom. The third-order valence-corrected chi connectivity index (χ3v) is 5.61. The number of nitrogens with zero attached hydrogens (tertiary/aromatic N) is 3. The lowest BCUT2D eigenvalue weighted by molar-refractivity contribution is -0.384. The molecule has 200 valence electrons. The minimum atomic E-state index is -1.63. The lowest BCUT2D eigenvalue weighted by Gasteiger charge is -2.30. The Morgan fingerprint density at radius 2 is 1.79 bits per heavy atom. The van der Waals surface area contributed by atoms with Gasteiger partial charge in [-0.2, -0.15) is 0 Å². The number of carbonyl (C=O) groups excluding carboxylic acids is 3. The van der Waals surface area contributed by atoms with Gasteiger partial charge < -0.3 is 20.6 Å². The highest BCUT2D eigenvalue weighted by Gasteiger charge is 2.43. The number of benzene rings is 2. The predicted molar refractivity (Wildman–Crippen MR) is 128 cm³/mol.